The Bertz CT molecular complexity index is 348. The lowest BCUT2D eigenvalue weighted by atomic mass is 9.96. The summed E-state index contributed by atoms with van der Waals surface area (Å²) in [5, 5.41) is 2.35. The summed E-state index contributed by atoms with van der Waals surface area (Å²) < 4.78 is 0. The summed E-state index contributed by atoms with van der Waals surface area (Å²) in [6.45, 7) is 6.36. The minimum Gasteiger partial charge on any atom is -0.300 e. The number of amides is 2. The topological polar surface area (TPSA) is 49.4 Å². The molecule has 4 heteroatoms. The first-order chi connectivity index (χ1) is 7.58. The second-order valence-electron chi connectivity index (χ2n) is 4.77. The van der Waals surface area contributed by atoms with Crippen molar-refractivity contribution in [2.75, 3.05) is 13.1 Å². The molecule has 2 saturated heterocycles. The highest BCUT2D eigenvalue weighted by atomic mass is 16.2. The molecule has 0 radical (unpaired) electrons. The number of carbonyl (C=O) groups excluding carboxylic acids is 2. The molecule has 1 N–H and O–H groups in total. The first kappa shape index (κ1) is 11.3. The van der Waals surface area contributed by atoms with Crippen LogP contribution in [-0.4, -0.2) is 35.8 Å². The molecule has 2 aliphatic rings. The fourth-order valence-electron chi connectivity index (χ4n) is 2.38. The van der Waals surface area contributed by atoms with Crippen molar-refractivity contribution in [3.05, 3.63) is 11.1 Å². The van der Waals surface area contributed by atoms with Crippen LogP contribution < -0.4 is 5.32 Å². The third kappa shape index (κ3) is 2.16. The summed E-state index contributed by atoms with van der Waals surface area (Å²) >= 11 is 0. The van der Waals surface area contributed by atoms with Crippen LogP contribution >= 0.6 is 0 Å². The molecule has 88 valence electrons. The molecule has 0 aliphatic carbocycles. The number of imide groups is 1. The molecule has 0 spiro atoms. The summed E-state index contributed by atoms with van der Waals surface area (Å²) in [5.74, 6) is -0.322. The fraction of sp³-hybridized carbons (Fsp3) is 0.667. The average Bonchev–Trinajstić information content (AvgIpc) is 2.58. The van der Waals surface area contributed by atoms with E-state index < -0.39 is 0 Å². The van der Waals surface area contributed by atoms with Crippen molar-refractivity contribution in [1.82, 2.24) is 10.2 Å². The Hall–Kier alpha value is -1.16. The molecule has 4 nitrogen and oxygen atoms in total. The van der Waals surface area contributed by atoms with E-state index in [-0.39, 0.29) is 18.2 Å². The largest absolute Gasteiger partial charge is 0.300 e. The second kappa shape index (κ2) is 4.37. The molecule has 2 fully saturated rings. The number of hydrogen-bond donors (Lipinski definition) is 1. The van der Waals surface area contributed by atoms with Crippen LogP contribution in [0.2, 0.25) is 0 Å². The minimum atomic E-state index is -0.169. The number of carbonyl (C=O) groups is 2. The van der Waals surface area contributed by atoms with Gasteiger partial charge in [0.25, 0.3) is 5.91 Å². The van der Waals surface area contributed by atoms with Crippen molar-refractivity contribution in [3.8, 4) is 0 Å². The van der Waals surface area contributed by atoms with Gasteiger partial charge in [-0.2, -0.15) is 0 Å². The van der Waals surface area contributed by atoms with Crippen LogP contribution in [0.4, 0.5) is 0 Å². The summed E-state index contributed by atoms with van der Waals surface area (Å²) in [6.07, 6.45) is 2.14. The molecule has 0 aromatic heterocycles. The van der Waals surface area contributed by atoms with Gasteiger partial charge in [-0.15, -0.1) is 0 Å². The maximum Gasteiger partial charge on any atom is 0.254 e. The van der Waals surface area contributed by atoms with Gasteiger partial charge < -0.3 is 4.90 Å². The van der Waals surface area contributed by atoms with Crippen LogP contribution in [-0.2, 0) is 9.59 Å². The van der Waals surface area contributed by atoms with Crippen molar-refractivity contribution < 1.29 is 9.59 Å². The molecule has 0 saturated carbocycles. The van der Waals surface area contributed by atoms with Gasteiger partial charge in [-0.1, -0.05) is 5.57 Å². The molecule has 2 amide bonds. The Kier molecular flexibility index (Phi) is 3.10. The highest BCUT2D eigenvalue weighted by Crippen LogP contribution is 2.25. The Balaban J connectivity index is 2.06. The Labute approximate surface area is 95.7 Å². The zero-order valence-electron chi connectivity index (χ0n) is 9.88. The Morgan fingerprint density at radius 3 is 2.25 bits per heavy atom. The van der Waals surface area contributed by atoms with E-state index in [0.717, 1.165) is 31.5 Å². The van der Waals surface area contributed by atoms with E-state index in [9.17, 15) is 9.59 Å². The van der Waals surface area contributed by atoms with Gasteiger partial charge in [0.2, 0.25) is 5.91 Å². The van der Waals surface area contributed by atoms with Gasteiger partial charge in [-0.25, -0.2) is 0 Å². The lowest BCUT2D eigenvalue weighted by molar-refractivity contribution is -0.124. The van der Waals surface area contributed by atoms with Crippen LogP contribution in [0.1, 0.15) is 33.1 Å². The van der Waals surface area contributed by atoms with E-state index in [1.54, 1.807) is 0 Å². The number of rotatable bonds is 1. The quantitative estimate of drug-likeness (QED) is 0.528. The predicted octanol–water partition coefficient (Wildman–Crippen LogP) is 0.834. The number of hydrogen-bond acceptors (Lipinski definition) is 3. The third-order valence-corrected chi connectivity index (χ3v) is 3.42. The van der Waals surface area contributed by atoms with Crippen molar-refractivity contribution in [3.63, 3.8) is 0 Å². The molecule has 2 heterocycles. The van der Waals surface area contributed by atoms with E-state index in [1.807, 2.05) is 0 Å². The Morgan fingerprint density at radius 2 is 1.81 bits per heavy atom. The van der Waals surface area contributed by atoms with Gasteiger partial charge in [0.15, 0.2) is 0 Å². The predicted molar refractivity (Wildman–Crippen MR) is 60.7 cm³/mol. The number of piperidine rings is 1. The van der Waals surface area contributed by atoms with Gasteiger partial charge in [-0.05, 0) is 26.7 Å². The summed E-state index contributed by atoms with van der Waals surface area (Å²) in [5.41, 5.74) is 1.91. The van der Waals surface area contributed by atoms with Crippen molar-refractivity contribution >= 4 is 11.8 Å². The SMILES string of the molecule is CC(C)N1CCC(=C2CC(=O)NC2=O)CC1. The summed E-state index contributed by atoms with van der Waals surface area (Å²) in [4.78, 5) is 25.0. The molecule has 0 aromatic carbocycles. The maximum absolute atomic E-state index is 11.5. The van der Waals surface area contributed by atoms with Crippen LogP contribution in [0.15, 0.2) is 11.1 Å². The number of nitrogens with zero attached hydrogens (tertiary/aromatic N) is 1. The molecule has 0 unspecified atom stereocenters. The van der Waals surface area contributed by atoms with Gasteiger partial charge in [0.1, 0.15) is 0 Å². The summed E-state index contributed by atoms with van der Waals surface area (Å²) in [7, 11) is 0. The molecule has 2 aliphatic heterocycles. The van der Waals surface area contributed by atoms with E-state index in [0.29, 0.717) is 6.04 Å². The summed E-state index contributed by atoms with van der Waals surface area (Å²) in [6, 6.07) is 0.561. The van der Waals surface area contributed by atoms with E-state index in [2.05, 4.69) is 24.1 Å². The van der Waals surface area contributed by atoms with Crippen LogP contribution in [0.3, 0.4) is 0 Å². The van der Waals surface area contributed by atoms with Crippen LogP contribution in [0, 0.1) is 0 Å². The lowest BCUT2D eigenvalue weighted by Crippen LogP contribution is -2.36. The standard InChI is InChI=1S/C12H18N2O2/c1-8(2)14-5-3-9(4-6-14)10-7-11(15)13-12(10)16/h8H,3-7H2,1-2H3,(H,13,15,16). The van der Waals surface area contributed by atoms with Crippen LogP contribution in [0.5, 0.6) is 0 Å². The third-order valence-electron chi connectivity index (χ3n) is 3.42. The number of likely N-dealkylation sites (tertiary alicyclic amines) is 1. The monoisotopic (exact) mass is 222 g/mol. The first-order valence-electron chi connectivity index (χ1n) is 5.87. The van der Waals surface area contributed by atoms with Gasteiger partial charge >= 0.3 is 0 Å². The van der Waals surface area contributed by atoms with Crippen molar-refractivity contribution in [2.24, 2.45) is 0 Å². The molecule has 0 atom stereocenters. The Morgan fingerprint density at radius 1 is 1.19 bits per heavy atom. The molecule has 0 bridgehead atoms. The smallest absolute Gasteiger partial charge is 0.254 e. The fourth-order valence-corrected chi connectivity index (χ4v) is 2.38. The average molecular weight is 222 g/mol. The van der Waals surface area contributed by atoms with Gasteiger partial charge in [-0.3, -0.25) is 14.9 Å². The number of nitrogens with one attached hydrogen (secondary N) is 1. The van der Waals surface area contributed by atoms with E-state index in [4.69, 9.17) is 0 Å². The van der Waals surface area contributed by atoms with Gasteiger partial charge in [0, 0.05) is 24.7 Å². The van der Waals surface area contributed by atoms with Crippen molar-refractivity contribution in [1.29, 1.82) is 0 Å². The van der Waals surface area contributed by atoms with Crippen molar-refractivity contribution in [2.45, 2.75) is 39.2 Å². The maximum atomic E-state index is 11.5. The molecular formula is C12H18N2O2. The molecular weight excluding hydrogens is 204 g/mol. The zero-order valence-corrected chi connectivity index (χ0v) is 9.88. The molecule has 16 heavy (non-hydrogen) atoms. The highest BCUT2D eigenvalue weighted by Gasteiger charge is 2.28. The normalized spacial score (nSPS) is 23.2. The second-order valence-corrected chi connectivity index (χ2v) is 4.77. The lowest BCUT2D eigenvalue weighted by Gasteiger charge is -2.32. The molecule has 0 aromatic rings. The zero-order chi connectivity index (χ0) is 11.7. The molecule has 2 rings (SSSR count). The van der Waals surface area contributed by atoms with Gasteiger partial charge in [0.05, 0.1) is 6.42 Å². The van der Waals surface area contributed by atoms with E-state index >= 15 is 0 Å². The highest BCUT2D eigenvalue weighted by molar-refractivity contribution is 6.13. The first-order valence-corrected chi connectivity index (χ1v) is 5.87. The van der Waals surface area contributed by atoms with Crippen LogP contribution in [0.25, 0.3) is 0 Å². The minimum absolute atomic E-state index is 0.154. The van der Waals surface area contributed by atoms with E-state index in [1.165, 1.54) is 5.57 Å².